The molecule has 2 N–H and O–H groups in total. The summed E-state index contributed by atoms with van der Waals surface area (Å²) in [6, 6.07) is 6.77. The Morgan fingerprint density at radius 1 is 0.794 bits per heavy atom. The van der Waals surface area contributed by atoms with Crippen LogP contribution in [0.2, 0.25) is 0 Å². The van der Waals surface area contributed by atoms with Gasteiger partial charge in [-0.3, -0.25) is 19.4 Å². The Labute approximate surface area is 204 Å². The minimum atomic E-state index is -0.155. The number of amides is 2. The van der Waals surface area contributed by atoms with Crippen molar-refractivity contribution < 1.29 is 19.1 Å². The topological polar surface area (TPSA) is 83.1 Å². The molecule has 3 rings (SSSR count). The zero-order chi connectivity index (χ0) is 24.5. The highest BCUT2D eigenvalue weighted by molar-refractivity contribution is 5.97. The SMILES string of the molecule is CC(C)CN1CCO[C@H](CNC(=O)c2ccc(C(=O)NC[C@H]3CN(CC(C)C)CCO3)cc2)C1. The van der Waals surface area contributed by atoms with E-state index >= 15 is 0 Å². The Kier molecular flexibility index (Phi) is 10.3. The van der Waals surface area contributed by atoms with Crippen molar-refractivity contribution >= 4 is 11.8 Å². The van der Waals surface area contributed by atoms with Crippen molar-refractivity contribution in [3.8, 4) is 0 Å². The Morgan fingerprint density at radius 2 is 1.18 bits per heavy atom. The molecule has 8 nitrogen and oxygen atoms in total. The molecule has 2 aliphatic heterocycles. The van der Waals surface area contributed by atoms with E-state index in [4.69, 9.17) is 9.47 Å². The number of rotatable bonds is 10. The van der Waals surface area contributed by atoms with Crippen molar-refractivity contribution in [2.75, 3.05) is 65.6 Å². The van der Waals surface area contributed by atoms with Crippen molar-refractivity contribution in [3.05, 3.63) is 35.4 Å². The third-order valence-corrected chi connectivity index (χ3v) is 6.08. The van der Waals surface area contributed by atoms with Gasteiger partial charge in [0.1, 0.15) is 0 Å². The van der Waals surface area contributed by atoms with E-state index in [0.717, 1.165) is 39.3 Å². The summed E-state index contributed by atoms with van der Waals surface area (Å²) in [5.41, 5.74) is 1.07. The number of carbonyl (C=O) groups excluding carboxylic acids is 2. The first-order valence-electron chi connectivity index (χ1n) is 12.6. The predicted octanol–water partition coefficient (Wildman–Crippen LogP) is 1.86. The van der Waals surface area contributed by atoms with Gasteiger partial charge in [-0.05, 0) is 36.1 Å². The van der Waals surface area contributed by atoms with Gasteiger partial charge < -0.3 is 20.1 Å². The molecule has 0 bridgehead atoms. The fourth-order valence-corrected chi connectivity index (χ4v) is 4.56. The quantitative estimate of drug-likeness (QED) is 0.539. The number of ether oxygens (including phenoxy) is 2. The van der Waals surface area contributed by atoms with E-state index in [1.165, 1.54) is 0 Å². The van der Waals surface area contributed by atoms with Crippen LogP contribution in [0, 0.1) is 11.8 Å². The van der Waals surface area contributed by atoms with Crippen LogP contribution < -0.4 is 10.6 Å². The zero-order valence-electron chi connectivity index (χ0n) is 21.2. The van der Waals surface area contributed by atoms with Gasteiger partial charge in [-0.25, -0.2) is 0 Å². The first kappa shape index (κ1) is 26.6. The monoisotopic (exact) mass is 474 g/mol. The maximum atomic E-state index is 12.6. The number of hydrogen-bond acceptors (Lipinski definition) is 6. The van der Waals surface area contributed by atoms with Crippen LogP contribution in [0.4, 0.5) is 0 Å². The molecule has 2 heterocycles. The van der Waals surface area contributed by atoms with Crippen LogP contribution in [0.1, 0.15) is 48.4 Å². The molecule has 2 aliphatic rings. The Bertz CT molecular complexity index is 719. The van der Waals surface area contributed by atoms with Crippen LogP contribution in [0.25, 0.3) is 0 Å². The second kappa shape index (κ2) is 13.2. The molecule has 2 amide bonds. The summed E-state index contributed by atoms with van der Waals surface area (Å²) < 4.78 is 11.6. The minimum absolute atomic E-state index is 0.0000283. The molecule has 0 saturated carbocycles. The van der Waals surface area contributed by atoms with Crippen molar-refractivity contribution in [3.63, 3.8) is 0 Å². The maximum absolute atomic E-state index is 12.6. The van der Waals surface area contributed by atoms with Crippen LogP contribution in [0.3, 0.4) is 0 Å². The summed E-state index contributed by atoms with van der Waals surface area (Å²) in [5, 5.41) is 5.93. The minimum Gasteiger partial charge on any atom is -0.374 e. The van der Waals surface area contributed by atoms with Crippen molar-refractivity contribution in [2.24, 2.45) is 11.8 Å². The fourth-order valence-electron chi connectivity index (χ4n) is 4.56. The summed E-state index contributed by atoms with van der Waals surface area (Å²) >= 11 is 0. The highest BCUT2D eigenvalue weighted by atomic mass is 16.5. The predicted molar refractivity (Wildman–Crippen MR) is 133 cm³/mol. The van der Waals surface area contributed by atoms with Gasteiger partial charge in [0.15, 0.2) is 0 Å². The molecule has 1 aromatic carbocycles. The molecule has 0 aliphatic carbocycles. The number of morpholine rings is 2. The molecule has 190 valence electrons. The van der Waals surface area contributed by atoms with Crippen LogP contribution in [-0.2, 0) is 9.47 Å². The van der Waals surface area contributed by atoms with Gasteiger partial charge in [0.25, 0.3) is 11.8 Å². The third kappa shape index (κ3) is 8.65. The Morgan fingerprint density at radius 3 is 1.53 bits per heavy atom. The second-order valence-electron chi connectivity index (χ2n) is 10.3. The standard InChI is InChI=1S/C26H42N4O4/c1-19(2)15-29-9-11-33-23(17-29)13-27-25(31)21-5-7-22(8-6-21)26(32)28-14-24-18-30(10-12-34-24)16-20(3)4/h5-8,19-20,23-24H,9-18H2,1-4H3,(H,27,31)(H,28,32)/t23-,24+. The van der Waals surface area contributed by atoms with E-state index in [9.17, 15) is 9.59 Å². The number of carbonyl (C=O) groups is 2. The summed E-state index contributed by atoms with van der Waals surface area (Å²) in [6.45, 7) is 16.8. The smallest absolute Gasteiger partial charge is 0.251 e. The van der Waals surface area contributed by atoms with Gasteiger partial charge in [-0.1, -0.05) is 27.7 Å². The van der Waals surface area contributed by atoms with Crippen molar-refractivity contribution in [2.45, 2.75) is 39.9 Å². The van der Waals surface area contributed by atoms with Gasteiger partial charge >= 0.3 is 0 Å². The van der Waals surface area contributed by atoms with E-state index in [1.807, 2.05) is 0 Å². The van der Waals surface area contributed by atoms with Crippen molar-refractivity contribution in [1.82, 2.24) is 20.4 Å². The van der Waals surface area contributed by atoms with E-state index in [-0.39, 0.29) is 24.0 Å². The van der Waals surface area contributed by atoms with Gasteiger partial charge in [-0.2, -0.15) is 0 Å². The molecule has 8 heteroatoms. The normalized spacial score (nSPS) is 22.2. The molecule has 2 saturated heterocycles. The highest BCUT2D eigenvalue weighted by Crippen LogP contribution is 2.10. The van der Waals surface area contributed by atoms with E-state index in [0.29, 0.717) is 49.3 Å². The number of nitrogens with zero attached hydrogens (tertiary/aromatic N) is 2. The molecule has 0 unspecified atom stereocenters. The van der Waals surface area contributed by atoms with Gasteiger partial charge in [0.2, 0.25) is 0 Å². The van der Waals surface area contributed by atoms with Gasteiger partial charge in [0.05, 0.1) is 25.4 Å². The highest BCUT2D eigenvalue weighted by Gasteiger charge is 2.23. The molecular formula is C26H42N4O4. The number of nitrogens with one attached hydrogen (secondary N) is 2. The first-order valence-corrected chi connectivity index (χ1v) is 12.6. The summed E-state index contributed by atoms with van der Waals surface area (Å²) in [4.78, 5) is 29.9. The number of hydrogen-bond donors (Lipinski definition) is 2. The molecule has 2 fully saturated rings. The molecule has 0 radical (unpaired) electrons. The Hall–Kier alpha value is -2.00. The lowest BCUT2D eigenvalue weighted by Gasteiger charge is -2.34. The van der Waals surface area contributed by atoms with Gasteiger partial charge in [0, 0.05) is 63.5 Å². The average molecular weight is 475 g/mol. The third-order valence-electron chi connectivity index (χ3n) is 6.08. The lowest BCUT2D eigenvalue weighted by Crippen LogP contribution is -2.48. The Balaban J connectivity index is 1.41. The zero-order valence-corrected chi connectivity index (χ0v) is 21.2. The summed E-state index contributed by atoms with van der Waals surface area (Å²) in [7, 11) is 0. The lowest BCUT2D eigenvalue weighted by molar-refractivity contribution is -0.0296. The molecular weight excluding hydrogens is 432 g/mol. The average Bonchev–Trinajstić information content (AvgIpc) is 2.81. The lowest BCUT2D eigenvalue weighted by atomic mass is 10.1. The second-order valence-corrected chi connectivity index (χ2v) is 10.3. The molecule has 0 spiro atoms. The molecule has 2 atom stereocenters. The van der Waals surface area contributed by atoms with Crippen LogP contribution >= 0.6 is 0 Å². The van der Waals surface area contributed by atoms with Crippen molar-refractivity contribution in [1.29, 1.82) is 0 Å². The van der Waals surface area contributed by atoms with Crippen LogP contribution in [0.5, 0.6) is 0 Å². The first-order chi connectivity index (χ1) is 16.3. The summed E-state index contributed by atoms with van der Waals surface area (Å²) in [6.07, 6.45) is -0.0000566. The number of benzene rings is 1. The van der Waals surface area contributed by atoms with Gasteiger partial charge in [-0.15, -0.1) is 0 Å². The van der Waals surface area contributed by atoms with E-state index in [1.54, 1.807) is 24.3 Å². The van der Waals surface area contributed by atoms with Crippen LogP contribution in [-0.4, -0.2) is 99.4 Å². The molecule has 0 aromatic heterocycles. The van der Waals surface area contributed by atoms with E-state index in [2.05, 4.69) is 48.1 Å². The summed E-state index contributed by atoms with van der Waals surface area (Å²) in [5.74, 6) is 0.910. The molecule has 34 heavy (non-hydrogen) atoms. The molecule has 1 aromatic rings. The van der Waals surface area contributed by atoms with E-state index < -0.39 is 0 Å². The largest absolute Gasteiger partial charge is 0.374 e. The van der Waals surface area contributed by atoms with Crippen LogP contribution in [0.15, 0.2) is 24.3 Å². The maximum Gasteiger partial charge on any atom is 0.251 e. The fraction of sp³-hybridized carbons (Fsp3) is 0.692.